The van der Waals surface area contributed by atoms with Crippen molar-refractivity contribution in [3.8, 4) is 5.75 Å². The number of benzene rings is 3. The Morgan fingerprint density at radius 2 is 1.97 bits per heavy atom. The van der Waals surface area contributed by atoms with Crippen LogP contribution in [0.4, 0.5) is 0 Å². The second-order valence-corrected chi connectivity index (χ2v) is 8.89. The van der Waals surface area contributed by atoms with Crippen molar-refractivity contribution in [2.24, 2.45) is 5.73 Å². The number of aryl methyl sites for hydroxylation is 1. The molecule has 0 spiro atoms. The molecule has 1 unspecified atom stereocenters. The second kappa shape index (κ2) is 7.81. The van der Waals surface area contributed by atoms with Crippen molar-refractivity contribution >= 4 is 32.6 Å². The Morgan fingerprint density at radius 1 is 1.21 bits per heavy atom. The zero-order valence-electron chi connectivity index (χ0n) is 16.7. The third-order valence-electron chi connectivity index (χ3n) is 5.41. The zero-order chi connectivity index (χ0) is 20.6. The second-order valence-electron chi connectivity index (χ2n) is 7.98. The van der Waals surface area contributed by atoms with Crippen molar-refractivity contribution < 1.29 is 9.53 Å². The fraction of sp³-hybridized carbons (Fsp3) is 0.292. The Bertz CT molecular complexity index is 1070. The van der Waals surface area contributed by atoms with Crippen molar-refractivity contribution in [3.63, 3.8) is 0 Å². The molecule has 1 aliphatic rings. The predicted molar refractivity (Wildman–Crippen MR) is 120 cm³/mol. The Labute approximate surface area is 179 Å². The SMILES string of the molecule is Cc1ccc(OCC(C)N)cc1C(=O)NC1(c2cc(Br)cc3ccccc23)CC1. The van der Waals surface area contributed by atoms with Gasteiger partial charge in [-0.3, -0.25) is 4.79 Å². The Hall–Kier alpha value is -2.37. The highest BCUT2D eigenvalue weighted by Gasteiger charge is 2.47. The largest absolute Gasteiger partial charge is 0.492 e. The lowest BCUT2D eigenvalue weighted by Crippen LogP contribution is -2.35. The van der Waals surface area contributed by atoms with E-state index >= 15 is 0 Å². The first-order valence-electron chi connectivity index (χ1n) is 9.88. The number of carbonyl (C=O) groups excluding carboxylic acids is 1. The Kier molecular flexibility index (Phi) is 5.36. The van der Waals surface area contributed by atoms with Gasteiger partial charge in [0.15, 0.2) is 0 Å². The summed E-state index contributed by atoms with van der Waals surface area (Å²) >= 11 is 3.63. The number of halogens is 1. The molecule has 0 bridgehead atoms. The van der Waals surface area contributed by atoms with Crippen LogP contribution in [0.3, 0.4) is 0 Å². The van der Waals surface area contributed by atoms with Gasteiger partial charge in [-0.05, 0) is 72.9 Å². The van der Waals surface area contributed by atoms with Gasteiger partial charge in [0, 0.05) is 16.1 Å². The normalized spacial score (nSPS) is 15.7. The van der Waals surface area contributed by atoms with Gasteiger partial charge in [0.05, 0.1) is 5.54 Å². The predicted octanol–water partition coefficient (Wildman–Crippen LogP) is 5.06. The molecule has 0 aromatic heterocycles. The molecule has 1 atom stereocenters. The Balaban J connectivity index is 1.63. The number of carbonyl (C=O) groups is 1. The van der Waals surface area contributed by atoms with Crippen LogP contribution in [0.25, 0.3) is 10.8 Å². The van der Waals surface area contributed by atoms with E-state index in [1.54, 1.807) is 0 Å². The molecule has 0 radical (unpaired) electrons. The molecule has 4 rings (SSSR count). The molecular formula is C24H25BrN2O2. The topological polar surface area (TPSA) is 64.3 Å². The van der Waals surface area contributed by atoms with E-state index in [2.05, 4.69) is 45.5 Å². The third kappa shape index (κ3) is 4.16. The fourth-order valence-corrected chi connectivity index (χ4v) is 4.18. The van der Waals surface area contributed by atoms with Gasteiger partial charge < -0.3 is 15.8 Å². The van der Waals surface area contributed by atoms with Crippen LogP contribution in [0.5, 0.6) is 5.75 Å². The fourth-order valence-electron chi connectivity index (χ4n) is 3.70. The van der Waals surface area contributed by atoms with Crippen LogP contribution >= 0.6 is 15.9 Å². The third-order valence-corrected chi connectivity index (χ3v) is 5.87. The number of nitrogens with one attached hydrogen (secondary N) is 1. The zero-order valence-corrected chi connectivity index (χ0v) is 18.3. The molecule has 0 aliphatic heterocycles. The van der Waals surface area contributed by atoms with Crippen molar-refractivity contribution in [1.29, 1.82) is 0 Å². The summed E-state index contributed by atoms with van der Waals surface area (Å²) < 4.78 is 6.73. The average molecular weight is 453 g/mol. The minimum absolute atomic E-state index is 0.0619. The highest BCUT2D eigenvalue weighted by atomic mass is 79.9. The van der Waals surface area contributed by atoms with E-state index in [4.69, 9.17) is 10.5 Å². The summed E-state index contributed by atoms with van der Waals surface area (Å²) in [6.45, 7) is 4.25. The van der Waals surface area contributed by atoms with Crippen LogP contribution < -0.4 is 15.8 Å². The molecule has 1 amide bonds. The molecule has 3 aromatic rings. The molecule has 1 saturated carbocycles. The molecule has 0 heterocycles. The minimum Gasteiger partial charge on any atom is -0.492 e. The van der Waals surface area contributed by atoms with Crippen LogP contribution in [-0.4, -0.2) is 18.6 Å². The maximum atomic E-state index is 13.2. The number of fused-ring (bicyclic) bond motifs is 1. The molecular weight excluding hydrogens is 428 g/mol. The van der Waals surface area contributed by atoms with Gasteiger partial charge in [0.1, 0.15) is 12.4 Å². The summed E-state index contributed by atoms with van der Waals surface area (Å²) in [7, 11) is 0. The minimum atomic E-state index is -0.324. The number of ether oxygens (including phenoxy) is 1. The van der Waals surface area contributed by atoms with Crippen molar-refractivity contribution in [2.45, 2.75) is 38.3 Å². The van der Waals surface area contributed by atoms with Crippen LogP contribution in [-0.2, 0) is 5.54 Å². The number of rotatable bonds is 6. The monoisotopic (exact) mass is 452 g/mol. The Morgan fingerprint density at radius 3 is 2.69 bits per heavy atom. The molecule has 4 nitrogen and oxygen atoms in total. The van der Waals surface area contributed by atoms with E-state index in [0.29, 0.717) is 17.9 Å². The van der Waals surface area contributed by atoms with Gasteiger partial charge in [-0.2, -0.15) is 0 Å². The van der Waals surface area contributed by atoms with E-state index in [9.17, 15) is 4.79 Å². The van der Waals surface area contributed by atoms with Gasteiger partial charge in [-0.25, -0.2) is 0 Å². The lowest BCUT2D eigenvalue weighted by molar-refractivity contribution is 0.0930. The summed E-state index contributed by atoms with van der Waals surface area (Å²) in [5.41, 5.74) is 8.17. The lowest BCUT2D eigenvalue weighted by Gasteiger charge is -2.21. The molecule has 3 N–H and O–H groups in total. The molecule has 150 valence electrons. The van der Waals surface area contributed by atoms with Gasteiger partial charge in [-0.15, -0.1) is 0 Å². The van der Waals surface area contributed by atoms with Crippen LogP contribution in [0, 0.1) is 6.92 Å². The van der Waals surface area contributed by atoms with Crippen molar-refractivity contribution in [3.05, 3.63) is 75.8 Å². The number of hydrogen-bond donors (Lipinski definition) is 2. The van der Waals surface area contributed by atoms with Crippen LogP contribution in [0.1, 0.15) is 41.3 Å². The van der Waals surface area contributed by atoms with E-state index in [-0.39, 0.29) is 17.5 Å². The van der Waals surface area contributed by atoms with Crippen LogP contribution in [0.15, 0.2) is 59.1 Å². The summed E-state index contributed by atoms with van der Waals surface area (Å²) in [5, 5.41) is 5.66. The first-order chi connectivity index (χ1) is 13.9. The molecule has 1 fully saturated rings. The van der Waals surface area contributed by atoms with Crippen molar-refractivity contribution in [1.82, 2.24) is 5.32 Å². The van der Waals surface area contributed by atoms with Gasteiger partial charge in [0.2, 0.25) is 0 Å². The molecule has 3 aromatic carbocycles. The maximum Gasteiger partial charge on any atom is 0.252 e. The molecule has 1 aliphatic carbocycles. The lowest BCUT2D eigenvalue weighted by atomic mass is 9.96. The summed E-state index contributed by atoms with van der Waals surface area (Å²) in [6, 6.07) is 18.1. The highest BCUT2D eigenvalue weighted by Crippen LogP contribution is 2.49. The molecule has 0 saturated heterocycles. The van der Waals surface area contributed by atoms with Gasteiger partial charge >= 0.3 is 0 Å². The smallest absolute Gasteiger partial charge is 0.252 e. The van der Waals surface area contributed by atoms with E-state index in [1.807, 2.05) is 44.2 Å². The van der Waals surface area contributed by atoms with Crippen LogP contribution in [0.2, 0.25) is 0 Å². The number of amides is 1. The van der Waals surface area contributed by atoms with Gasteiger partial charge in [0.25, 0.3) is 5.91 Å². The highest BCUT2D eigenvalue weighted by molar-refractivity contribution is 9.10. The van der Waals surface area contributed by atoms with Crippen molar-refractivity contribution in [2.75, 3.05) is 6.61 Å². The quantitative estimate of drug-likeness (QED) is 0.549. The van der Waals surface area contributed by atoms with E-state index < -0.39 is 0 Å². The summed E-state index contributed by atoms with van der Waals surface area (Å²) in [4.78, 5) is 13.2. The van der Waals surface area contributed by atoms with Gasteiger partial charge in [-0.1, -0.05) is 46.3 Å². The first kappa shape index (κ1) is 19.9. The maximum absolute atomic E-state index is 13.2. The number of hydrogen-bond acceptors (Lipinski definition) is 3. The first-order valence-corrected chi connectivity index (χ1v) is 10.7. The molecule has 5 heteroatoms. The van der Waals surface area contributed by atoms with E-state index in [1.165, 1.54) is 10.8 Å². The average Bonchev–Trinajstić information content (AvgIpc) is 3.47. The van der Waals surface area contributed by atoms with E-state index in [0.717, 1.165) is 28.4 Å². The number of nitrogens with two attached hydrogens (primary N) is 1. The molecule has 29 heavy (non-hydrogen) atoms. The summed E-state index contributed by atoms with van der Waals surface area (Å²) in [6.07, 6.45) is 1.86. The summed E-state index contributed by atoms with van der Waals surface area (Å²) in [5.74, 6) is 0.589. The standard InChI is InChI=1S/C24H25BrN2O2/c1-15-7-8-19(29-14-16(2)26)13-21(15)23(28)27-24(9-10-24)22-12-18(25)11-17-5-3-4-6-20(17)22/h3-8,11-13,16H,9-10,14,26H2,1-2H3,(H,27,28).